The summed E-state index contributed by atoms with van der Waals surface area (Å²) in [6.45, 7) is 6.23. The second-order valence-corrected chi connectivity index (χ2v) is 5.68. The van der Waals surface area contributed by atoms with Crippen molar-refractivity contribution in [2.75, 3.05) is 6.61 Å². The largest absolute Gasteiger partial charge is 0.493 e. The van der Waals surface area contributed by atoms with Crippen LogP contribution in [0.4, 0.5) is 0 Å². The fraction of sp³-hybridized carbons (Fsp3) is 0.278. The van der Waals surface area contributed by atoms with Gasteiger partial charge in [-0.2, -0.15) is 0 Å². The molecule has 0 spiro atoms. The number of aryl methyl sites for hydroxylation is 1. The normalized spacial score (nSPS) is 11.2. The van der Waals surface area contributed by atoms with Gasteiger partial charge in [-0.3, -0.25) is 4.79 Å². The average molecular weight is 268 g/mol. The summed E-state index contributed by atoms with van der Waals surface area (Å²) in [5, 5.41) is 0. The molecule has 2 aromatic carbocycles. The van der Waals surface area contributed by atoms with Crippen molar-refractivity contribution in [2.24, 2.45) is 5.41 Å². The lowest BCUT2D eigenvalue weighted by Gasteiger charge is -2.23. The minimum atomic E-state index is -0.549. The number of ketones is 1. The van der Waals surface area contributed by atoms with Crippen LogP contribution in [-0.4, -0.2) is 12.4 Å². The summed E-state index contributed by atoms with van der Waals surface area (Å²) in [5.41, 5.74) is 1.37. The van der Waals surface area contributed by atoms with Crippen molar-refractivity contribution in [3.05, 3.63) is 65.7 Å². The Bertz CT molecular complexity index is 568. The van der Waals surface area contributed by atoms with E-state index in [0.29, 0.717) is 6.61 Å². The predicted octanol–water partition coefficient (Wildman–Crippen LogP) is 4.28. The lowest BCUT2D eigenvalue weighted by atomic mass is 9.85. The van der Waals surface area contributed by atoms with E-state index in [4.69, 9.17) is 4.74 Å². The molecule has 2 aromatic rings. The van der Waals surface area contributed by atoms with Gasteiger partial charge in [0.25, 0.3) is 0 Å². The van der Waals surface area contributed by atoms with E-state index in [0.717, 1.165) is 11.3 Å². The van der Waals surface area contributed by atoms with E-state index in [1.165, 1.54) is 5.56 Å². The van der Waals surface area contributed by atoms with Crippen LogP contribution in [0.3, 0.4) is 0 Å². The smallest absolute Gasteiger partial charge is 0.171 e. The molecule has 20 heavy (non-hydrogen) atoms. The maximum absolute atomic E-state index is 12.5. The van der Waals surface area contributed by atoms with Gasteiger partial charge in [0.1, 0.15) is 12.4 Å². The van der Waals surface area contributed by atoms with Crippen molar-refractivity contribution in [3.8, 4) is 5.75 Å². The number of Topliss-reactive ketones (excluding diaryl/α,β-unsaturated/α-hetero) is 1. The molecular formula is C18H20O2. The minimum absolute atomic E-state index is 0.102. The summed E-state index contributed by atoms with van der Waals surface area (Å²) >= 11 is 0. The van der Waals surface area contributed by atoms with Crippen LogP contribution in [0, 0.1) is 12.3 Å². The Hall–Kier alpha value is -2.09. The van der Waals surface area contributed by atoms with Gasteiger partial charge in [-0.05, 0) is 32.9 Å². The Balaban J connectivity index is 2.03. The van der Waals surface area contributed by atoms with Crippen LogP contribution < -0.4 is 4.74 Å². The number of rotatable bonds is 5. The van der Waals surface area contributed by atoms with Gasteiger partial charge in [-0.25, -0.2) is 0 Å². The maximum Gasteiger partial charge on any atom is 0.171 e. The van der Waals surface area contributed by atoms with Gasteiger partial charge in [0.15, 0.2) is 5.78 Å². The van der Waals surface area contributed by atoms with Gasteiger partial charge >= 0.3 is 0 Å². The lowest BCUT2D eigenvalue weighted by Crippen LogP contribution is -2.31. The van der Waals surface area contributed by atoms with Gasteiger partial charge < -0.3 is 4.74 Å². The highest BCUT2D eigenvalue weighted by molar-refractivity contribution is 6.00. The van der Waals surface area contributed by atoms with Crippen LogP contribution in [-0.2, 0) is 0 Å². The van der Waals surface area contributed by atoms with E-state index < -0.39 is 5.41 Å². The molecule has 0 aromatic heterocycles. The summed E-state index contributed by atoms with van der Waals surface area (Å²) in [6.07, 6.45) is 0. The molecule has 0 heterocycles. The zero-order chi connectivity index (χ0) is 14.6. The molecule has 0 aliphatic heterocycles. The number of hydrogen-bond donors (Lipinski definition) is 0. The molecular weight excluding hydrogens is 248 g/mol. The highest BCUT2D eigenvalue weighted by Gasteiger charge is 2.29. The zero-order valence-electron chi connectivity index (χ0n) is 12.2. The van der Waals surface area contributed by atoms with Crippen molar-refractivity contribution in [3.63, 3.8) is 0 Å². The quantitative estimate of drug-likeness (QED) is 0.756. The first-order valence-electron chi connectivity index (χ1n) is 6.78. The van der Waals surface area contributed by atoms with E-state index in [1.807, 2.05) is 75.4 Å². The fourth-order valence-electron chi connectivity index (χ4n) is 1.94. The van der Waals surface area contributed by atoms with Crippen LogP contribution in [0.5, 0.6) is 5.75 Å². The Kier molecular flexibility index (Phi) is 4.23. The maximum atomic E-state index is 12.5. The second-order valence-electron chi connectivity index (χ2n) is 5.68. The topological polar surface area (TPSA) is 26.3 Å². The molecule has 0 unspecified atom stereocenters. The van der Waals surface area contributed by atoms with Gasteiger partial charge in [-0.1, -0.05) is 48.0 Å². The van der Waals surface area contributed by atoms with E-state index in [9.17, 15) is 4.79 Å². The van der Waals surface area contributed by atoms with Crippen molar-refractivity contribution in [1.82, 2.24) is 0 Å². The van der Waals surface area contributed by atoms with E-state index >= 15 is 0 Å². The molecule has 0 aliphatic carbocycles. The Morgan fingerprint density at radius 1 is 1.00 bits per heavy atom. The van der Waals surface area contributed by atoms with Crippen molar-refractivity contribution >= 4 is 5.78 Å². The van der Waals surface area contributed by atoms with Crippen LogP contribution in [0.15, 0.2) is 54.6 Å². The lowest BCUT2D eigenvalue weighted by molar-refractivity contribution is 0.0751. The third-order valence-corrected chi connectivity index (χ3v) is 3.27. The summed E-state index contributed by atoms with van der Waals surface area (Å²) in [7, 11) is 0. The molecule has 0 bridgehead atoms. The molecule has 0 amide bonds. The molecule has 0 saturated heterocycles. The SMILES string of the molecule is Cc1ccc(OCC(C)(C)C(=O)c2ccccc2)cc1. The van der Waals surface area contributed by atoms with Crippen molar-refractivity contribution in [2.45, 2.75) is 20.8 Å². The third kappa shape index (κ3) is 3.47. The fourth-order valence-corrected chi connectivity index (χ4v) is 1.94. The molecule has 0 fully saturated rings. The highest BCUT2D eigenvalue weighted by Crippen LogP contribution is 2.24. The zero-order valence-corrected chi connectivity index (χ0v) is 12.2. The summed E-state index contributed by atoms with van der Waals surface area (Å²) in [6, 6.07) is 17.2. The molecule has 2 rings (SSSR count). The average Bonchev–Trinajstić information content (AvgIpc) is 2.47. The Morgan fingerprint density at radius 2 is 1.60 bits per heavy atom. The highest BCUT2D eigenvalue weighted by atomic mass is 16.5. The standard InChI is InChI=1S/C18H20O2/c1-14-9-11-16(12-10-14)20-13-18(2,3)17(19)15-7-5-4-6-8-15/h4-12H,13H2,1-3H3. The number of hydrogen-bond acceptors (Lipinski definition) is 2. The van der Waals surface area contributed by atoms with Crippen LogP contribution in [0.1, 0.15) is 29.8 Å². The van der Waals surface area contributed by atoms with Gasteiger partial charge in [0.2, 0.25) is 0 Å². The molecule has 2 nitrogen and oxygen atoms in total. The van der Waals surface area contributed by atoms with Crippen LogP contribution in [0.25, 0.3) is 0 Å². The van der Waals surface area contributed by atoms with E-state index in [2.05, 4.69) is 0 Å². The number of benzene rings is 2. The van der Waals surface area contributed by atoms with Crippen molar-refractivity contribution in [1.29, 1.82) is 0 Å². The molecule has 0 saturated carbocycles. The first-order valence-corrected chi connectivity index (χ1v) is 6.78. The summed E-state index contributed by atoms with van der Waals surface area (Å²) in [4.78, 5) is 12.5. The molecule has 104 valence electrons. The summed E-state index contributed by atoms with van der Waals surface area (Å²) < 4.78 is 5.75. The Morgan fingerprint density at radius 3 is 2.20 bits per heavy atom. The predicted molar refractivity (Wildman–Crippen MR) is 81.2 cm³/mol. The van der Waals surface area contributed by atoms with E-state index in [1.54, 1.807) is 0 Å². The first-order chi connectivity index (χ1) is 9.49. The molecule has 0 atom stereocenters. The Labute approximate surface area is 120 Å². The van der Waals surface area contributed by atoms with Gasteiger partial charge in [-0.15, -0.1) is 0 Å². The minimum Gasteiger partial charge on any atom is -0.493 e. The second kappa shape index (κ2) is 5.91. The first kappa shape index (κ1) is 14.3. The van der Waals surface area contributed by atoms with E-state index in [-0.39, 0.29) is 5.78 Å². The number of ether oxygens (including phenoxy) is 1. The van der Waals surface area contributed by atoms with Crippen LogP contribution in [0.2, 0.25) is 0 Å². The molecule has 2 heteroatoms. The van der Waals surface area contributed by atoms with Gasteiger partial charge in [0.05, 0.1) is 5.41 Å². The monoisotopic (exact) mass is 268 g/mol. The summed E-state index contributed by atoms with van der Waals surface area (Å²) in [5.74, 6) is 0.898. The molecule has 0 N–H and O–H groups in total. The van der Waals surface area contributed by atoms with Crippen LogP contribution >= 0.6 is 0 Å². The molecule has 0 aliphatic rings. The third-order valence-electron chi connectivity index (χ3n) is 3.27. The van der Waals surface area contributed by atoms with Gasteiger partial charge in [0, 0.05) is 5.56 Å². The van der Waals surface area contributed by atoms with Crippen molar-refractivity contribution < 1.29 is 9.53 Å². The number of carbonyl (C=O) groups is 1. The number of carbonyl (C=O) groups excluding carboxylic acids is 1. The molecule has 0 radical (unpaired) electrons.